The first-order valence-corrected chi connectivity index (χ1v) is 10.5. The lowest BCUT2D eigenvalue weighted by atomic mass is 9.98. The molecule has 3 aromatic carbocycles. The second-order valence-corrected chi connectivity index (χ2v) is 7.76. The van der Waals surface area contributed by atoms with E-state index < -0.39 is 0 Å². The van der Waals surface area contributed by atoms with E-state index in [0.29, 0.717) is 18.5 Å². The van der Waals surface area contributed by atoms with Gasteiger partial charge in [-0.25, -0.2) is 4.98 Å². The summed E-state index contributed by atoms with van der Waals surface area (Å²) < 4.78 is 1.60. The number of aromatic nitrogens is 2. The average molecular weight is 440 g/mol. The Bertz CT molecular complexity index is 1340. The molecule has 0 bridgehead atoms. The molecule has 7 nitrogen and oxygen atoms in total. The molecule has 0 aliphatic rings. The molecule has 33 heavy (non-hydrogen) atoms. The molecule has 0 amide bonds. The Hall–Kier alpha value is -4.23. The van der Waals surface area contributed by atoms with Crippen molar-refractivity contribution in [2.24, 2.45) is 16.7 Å². The molecule has 0 fully saturated rings. The van der Waals surface area contributed by atoms with Gasteiger partial charge in [-0.05, 0) is 27.8 Å². The van der Waals surface area contributed by atoms with Crippen molar-refractivity contribution in [3.05, 3.63) is 123 Å². The fraction of sp³-hybridized carbons (Fsp3) is 0.115. The van der Waals surface area contributed by atoms with E-state index in [1.54, 1.807) is 17.1 Å². The number of amidine groups is 1. The SMILES string of the molecule is N/N=C(\N)c1ccccc1-c1ccc(Cn2cncc(Cc3cccc(CO)c3)c2=O)cc1. The molecule has 0 unspecified atom stereocenters. The van der Waals surface area contributed by atoms with Crippen LogP contribution in [0.1, 0.15) is 27.8 Å². The standard InChI is InChI=1S/C26H25N5O2/c27-25(30-28)24-7-2-1-6-23(24)21-10-8-18(9-11-21)15-31-17-29-14-22(26(31)33)13-19-4-3-5-20(12-19)16-32/h1-12,14,17,32H,13,15-16,28H2,(H2,27,30). The summed E-state index contributed by atoms with van der Waals surface area (Å²) in [6.07, 6.45) is 3.62. The summed E-state index contributed by atoms with van der Waals surface area (Å²) in [6, 6.07) is 23.2. The van der Waals surface area contributed by atoms with E-state index in [4.69, 9.17) is 11.6 Å². The molecule has 0 saturated heterocycles. The minimum absolute atomic E-state index is 0.0306. The van der Waals surface area contributed by atoms with Crippen molar-refractivity contribution in [2.75, 3.05) is 0 Å². The zero-order valence-corrected chi connectivity index (χ0v) is 18.1. The molecule has 166 valence electrons. The highest BCUT2D eigenvalue weighted by atomic mass is 16.3. The predicted octanol–water partition coefficient (Wildman–Crippen LogP) is 2.62. The van der Waals surface area contributed by atoms with E-state index in [0.717, 1.165) is 33.4 Å². The van der Waals surface area contributed by atoms with Crippen molar-refractivity contribution in [1.29, 1.82) is 0 Å². The van der Waals surface area contributed by atoms with Gasteiger partial charge in [0.1, 0.15) is 0 Å². The molecule has 0 radical (unpaired) electrons. The summed E-state index contributed by atoms with van der Waals surface area (Å²) >= 11 is 0. The first kappa shape index (κ1) is 22.0. The first-order valence-electron chi connectivity index (χ1n) is 10.5. The number of hydrogen-bond donors (Lipinski definition) is 3. The predicted molar refractivity (Wildman–Crippen MR) is 130 cm³/mol. The molecular weight excluding hydrogens is 414 g/mol. The fourth-order valence-corrected chi connectivity index (χ4v) is 3.80. The Morgan fingerprint density at radius 2 is 1.73 bits per heavy atom. The van der Waals surface area contributed by atoms with Crippen molar-refractivity contribution >= 4 is 5.84 Å². The summed E-state index contributed by atoms with van der Waals surface area (Å²) in [7, 11) is 0. The van der Waals surface area contributed by atoms with Crippen molar-refractivity contribution in [3.63, 3.8) is 0 Å². The van der Waals surface area contributed by atoms with Gasteiger partial charge in [0, 0.05) is 23.7 Å². The van der Waals surface area contributed by atoms with Gasteiger partial charge in [-0.3, -0.25) is 9.36 Å². The maximum Gasteiger partial charge on any atom is 0.257 e. The number of hydrogen-bond acceptors (Lipinski definition) is 5. The van der Waals surface area contributed by atoms with Crippen LogP contribution in [0.15, 0.2) is 95.2 Å². The van der Waals surface area contributed by atoms with Gasteiger partial charge in [-0.1, -0.05) is 72.8 Å². The molecule has 0 atom stereocenters. The van der Waals surface area contributed by atoms with Gasteiger partial charge in [0.2, 0.25) is 0 Å². The monoisotopic (exact) mass is 439 g/mol. The maximum atomic E-state index is 13.0. The van der Waals surface area contributed by atoms with Crippen LogP contribution >= 0.6 is 0 Å². The summed E-state index contributed by atoms with van der Waals surface area (Å²) in [5, 5.41) is 13.0. The highest BCUT2D eigenvalue weighted by Gasteiger charge is 2.10. The van der Waals surface area contributed by atoms with Crippen molar-refractivity contribution in [3.8, 4) is 11.1 Å². The third-order valence-corrected chi connectivity index (χ3v) is 5.50. The van der Waals surface area contributed by atoms with Crippen LogP contribution in [0.4, 0.5) is 0 Å². The Balaban J connectivity index is 1.56. The highest BCUT2D eigenvalue weighted by molar-refractivity contribution is 6.03. The van der Waals surface area contributed by atoms with Gasteiger partial charge in [-0.2, -0.15) is 5.10 Å². The summed E-state index contributed by atoms with van der Waals surface area (Å²) in [5.41, 5.74) is 11.9. The summed E-state index contributed by atoms with van der Waals surface area (Å²) in [5.74, 6) is 5.64. The number of rotatable bonds is 7. The molecule has 1 heterocycles. The molecular formula is C26H25N5O2. The minimum Gasteiger partial charge on any atom is -0.392 e. The molecule has 5 N–H and O–H groups in total. The van der Waals surface area contributed by atoms with Crippen molar-refractivity contribution in [1.82, 2.24) is 9.55 Å². The first-order chi connectivity index (χ1) is 16.1. The van der Waals surface area contributed by atoms with E-state index in [1.807, 2.05) is 72.8 Å². The summed E-state index contributed by atoms with van der Waals surface area (Å²) in [6.45, 7) is 0.377. The number of nitrogens with two attached hydrogens (primary N) is 2. The zero-order valence-electron chi connectivity index (χ0n) is 18.1. The smallest absolute Gasteiger partial charge is 0.257 e. The van der Waals surface area contributed by atoms with Crippen LogP contribution in [-0.2, 0) is 19.6 Å². The number of aliphatic hydroxyl groups is 1. The normalized spacial score (nSPS) is 11.5. The molecule has 4 aromatic rings. The second kappa shape index (κ2) is 9.93. The van der Waals surface area contributed by atoms with Crippen molar-refractivity contribution < 1.29 is 5.11 Å². The summed E-state index contributed by atoms with van der Waals surface area (Å²) in [4.78, 5) is 17.3. The van der Waals surface area contributed by atoms with Crippen LogP contribution < -0.4 is 17.1 Å². The van der Waals surface area contributed by atoms with Gasteiger partial charge in [0.05, 0.1) is 19.5 Å². The number of nitrogens with zero attached hydrogens (tertiary/aromatic N) is 3. The fourth-order valence-electron chi connectivity index (χ4n) is 3.80. The maximum absolute atomic E-state index is 13.0. The van der Waals surface area contributed by atoms with Gasteiger partial charge in [0.25, 0.3) is 5.56 Å². The Morgan fingerprint density at radius 1 is 0.970 bits per heavy atom. The third-order valence-electron chi connectivity index (χ3n) is 5.50. The number of benzene rings is 3. The van der Waals surface area contributed by atoms with Gasteiger partial charge >= 0.3 is 0 Å². The van der Waals surface area contributed by atoms with E-state index >= 15 is 0 Å². The molecule has 0 aliphatic carbocycles. The zero-order chi connectivity index (χ0) is 23.2. The topological polar surface area (TPSA) is 120 Å². The van der Waals surface area contributed by atoms with E-state index in [1.165, 1.54) is 0 Å². The van der Waals surface area contributed by atoms with Gasteiger partial charge in [0.15, 0.2) is 5.84 Å². The number of hydrazone groups is 1. The van der Waals surface area contributed by atoms with Gasteiger partial charge < -0.3 is 16.7 Å². The Labute approximate surface area is 191 Å². The molecule has 7 heteroatoms. The van der Waals surface area contributed by atoms with Crippen LogP contribution in [-0.4, -0.2) is 20.5 Å². The Kier molecular flexibility index (Phi) is 6.61. The van der Waals surface area contributed by atoms with Crippen molar-refractivity contribution in [2.45, 2.75) is 19.6 Å². The van der Waals surface area contributed by atoms with E-state index in [-0.39, 0.29) is 18.0 Å². The van der Waals surface area contributed by atoms with Crippen LogP contribution in [0, 0.1) is 0 Å². The number of aliphatic hydroxyl groups excluding tert-OH is 1. The minimum atomic E-state index is -0.0826. The van der Waals surface area contributed by atoms with E-state index in [9.17, 15) is 9.90 Å². The lowest BCUT2D eigenvalue weighted by Crippen LogP contribution is -2.24. The van der Waals surface area contributed by atoms with Gasteiger partial charge in [-0.15, -0.1) is 0 Å². The third kappa shape index (κ3) is 4.99. The van der Waals surface area contributed by atoms with Crippen LogP contribution in [0.25, 0.3) is 11.1 Å². The molecule has 1 aromatic heterocycles. The molecule has 0 spiro atoms. The van der Waals surface area contributed by atoms with Crippen LogP contribution in [0.5, 0.6) is 0 Å². The van der Waals surface area contributed by atoms with E-state index in [2.05, 4.69) is 10.1 Å². The van der Waals surface area contributed by atoms with Crippen LogP contribution in [0.2, 0.25) is 0 Å². The molecule has 0 aliphatic heterocycles. The largest absolute Gasteiger partial charge is 0.392 e. The highest BCUT2D eigenvalue weighted by Crippen LogP contribution is 2.24. The quantitative estimate of drug-likeness (QED) is 0.177. The average Bonchev–Trinajstić information content (AvgIpc) is 2.86. The molecule has 0 saturated carbocycles. The van der Waals surface area contributed by atoms with Crippen LogP contribution in [0.3, 0.4) is 0 Å². The lowest BCUT2D eigenvalue weighted by molar-refractivity contribution is 0.281. The lowest BCUT2D eigenvalue weighted by Gasteiger charge is -2.11. The second-order valence-electron chi connectivity index (χ2n) is 7.76. The molecule has 4 rings (SSSR count). The Morgan fingerprint density at radius 3 is 2.48 bits per heavy atom.